The van der Waals surface area contributed by atoms with Crippen LogP contribution in [-0.4, -0.2) is 38.8 Å². The topological polar surface area (TPSA) is 56.1 Å². The smallest absolute Gasteiger partial charge is 0.165 e. The molecule has 2 aromatic rings. The van der Waals surface area contributed by atoms with Crippen molar-refractivity contribution >= 4 is 0 Å². The Morgan fingerprint density at radius 1 is 1.32 bits per heavy atom. The lowest BCUT2D eigenvalue weighted by Gasteiger charge is -2.20. The van der Waals surface area contributed by atoms with E-state index in [-0.39, 0.29) is 0 Å². The first kappa shape index (κ1) is 14.7. The van der Waals surface area contributed by atoms with E-state index in [1.54, 1.807) is 7.11 Å². The zero-order chi connectivity index (χ0) is 15.4. The fraction of sp³-hybridized carbons (Fsp3) is 0.438. The largest absolute Gasteiger partial charge is 0.497 e. The van der Waals surface area contributed by atoms with Crippen molar-refractivity contribution in [2.75, 3.05) is 13.7 Å². The number of methoxy groups -OCH3 is 1. The first-order valence-electron chi connectivity index (χ1n) is 7.53. The molecule has 0 amide bonds. The van der Waals surface area contributed by atoms with Gasteiger partial charge in [0.1, 0.15) is 5.75 Å². The molecule has 6 nitrogen and oxygen atoms in total. The van der Waals surface area contributed by atoms with Crippen LogP contribution in [0.25, 0.3) is 0 Å². The van der Waals surface area contributed by atoms with Crippen LogP contribution >= 0.6 is 0 Å². The third-order valence-electron chi connectivity index (χ3n) is 3.77. The summed E-state index contributed by atoms with van der Waals surface area (Å²) in [4.78, 5) is 2.28. The Balaban J connectivity index is 1.68. The van der Waals surface area contributed by atoms with E-state index in [0.29, 0.717) is 6.04 Å². The molecule has 1 aliphatic rings. The van der Waals surface area contributed by atoms with E-state index in [2.05, 4.69) is 39.1 Å². The SMILES string of the molecule is C=CCN(Cc1ccc(OC)cc1)Cc1nnnn1C1CC1. The van der Waals surface area contributed by atoms with Crippen molar-refractivity contribution in [2.24, 2.45) is 0 Å². The maximum absolute atomic E-state index is 5.20. The second-order valence-electron chi connectivity index (χ2n) is 5.58. The Morgan fingerprint density at radius 3 is 2.73 bits per heavy atom. The summed E-state index contributed by atoms with van der Waals surface area (Å²) in [5, 5.41) is 12.1. The lowest BCUT2D eigenvalue weighted by atomic mass is 10.2. The molecule has 116 valence electrons. The van der Waals surface area contributed by atoms with Gasteiger partial charge in [-0.2, -0.15) is 0 Å². The van der Waals surface area contributed by atoms with E-state index in [1.165, 1.54) is 18.4 Å². The van der Waals surface area contributed by atoms with Crippen molar-refractivity contribution in [1.82, 2.24) is 25.1 Å². The fourth-order valence-corrected chi connectivity index (χ4v) is 2.48. The monoisotopic (exact) mass is 299 g/mol. The molecule has 3 rings (SSSR count). The molecule has 1 aliphatic carbocycles. The summed E-state index contributed by atoms with van der Waals surface area (Å²) >= 11 is 0. The molecule has 1 heterocycles. The predicted octanol–water partition coefficient (Wildman–Crippen LogP) is 2.20. The highest BCUT2D eigenvalue weighted by Gasteiger charge is 2.28. The number of benzene rings is 1. The number of hydrogen-bond donors (Lipinski definition) is 0. The summed E-state index contributed by atoms with van der Waals surface area (Å²) in [5.41, 5.74) is 1.23. The molecule has 0 saturated heterocycles. The number of aromatic nitrogens is 4. The van der Waals surface area contributed by atoms with E-state index < -0.39 is 0 Å². The van der Waals surface area contributed by atoms with E-state index >= 15 is 0 Å². The van der Waals surface area contributed by atoms with Gasteiger partial charge in [0, 0.05) is 13.1 Å². The van der Waals surface area contributed by atoms with Gasteiger partial charge < -0.3 is 4.74 Å². The normalized spacial score (nSPS) is 14.3. The third-order valence-corrected chi connectivity index (χ3v) is 3.77. The van der Waals surface area contributed by atoms with Gasteiger partial charge in [-0.3, -0.25) is 4.90 Å². The highest BCUT2D eigenvalue weighted by atomic mass is 16.5. The van der Waals surface area contributed by atoms with Crippen molar-refractivity contribution in [1.29, 1.82) is 0 Å². The van der Waals surface area contributed by atoms with Crippen LogP contribution in [0.1, 0.15) is 30.3 Å². The van der Waals surface area contributed by atoms with Crippen molar-refractivity contribution < 1.29 is 4.74 Å². The zero-order valence-corrected chi connectivity index (χ0v) is 12.9. The van der Waals surface area contributed by atoms with Gasteiger partial charge in [0.2, 0.25) is 0 Å². The first-order chi connectivity index (χ1) is 10.8. The molecule has 0 unspecified atom stereocenters. The van der Waals surface area contributed by atoms with Crippen LogP contribution in [0, 0.1) is 0 Å². The predicted molar refractivity (Wildman–Crippen MR) is 83.4 cm³/mol. The second-order valence-corrected chi connectivity index (χ2v) is 5.58. The number of tetrazole rings is 1. The highest BCUT2D eigenvalue weighted by Crippen LogP contribution is 2.34. The average Bonchev–Trinajstić information content (AvgIpc) is 3.28. The van der Waals surface area contributed by atoms with E-state index in [4.69, 9.17) is 4.74 Å². The number of nitrogens with zero attached hydrogens (tertiary/aromatic N) is 5. The number of ether oxygens (including phenoxy) is 1. The molecule has 22 heavy (non-hydrogen) atoms. The summed E-state index contributed by atoms with van der Waals surface area (Å²) < 4.78 is 7.16. The van der Waals surface area contributed by atoms with Crippen LogP contribution in [0.3, 0.4) is 0 Å². The molecule has 1 aromatic heterocycles. The molecule has 0 N–H and O–H groups in total. The molecule has 1 aromatic carbocycles. The van der Waals surface area contributed by atoms with Gasteiger partial charge in [-0.25, -0.2) is 4.68 Å². The van der Waals surface area contributed by atoms with E-state index in [1.807, 2.05) is 22.9 Å². The van der Waals surface area contributed by atoms with Crippen LogP contribution in [-0.2, 0) is 13.1 Å². The Bertz CT molecular complexity index is 618. The van der Waals surface area contributed by atoms with Crippen LogP contribution in [0.5, 0.6) is 5.75 Å². The minimum absolute atomic E-state index is 0.497. The van der Waals surface area contributed by atoms with E-state index in [9.17, 15) is 0 Å². The van der Waals surface area contributed by atoms with Crippen LogP contribution in [0.2, 0.25) is 0 Å². The molecule has 0 radical (unpaired) electrons. The summed E-state index contributed by atoms with van der Waals surface area (Å²) in [6, 6.07) is 8.62. The number of rotatable bonds is 8. The summed E-state index contributed by atoms with van der Waals surface area (Å²) in [7, 11) is 1.68. The Hall–Kier alpha value is -2.21. The highest BCUT2D eigenvalue weighted by molar-refractivity contribution is 5.27. The van der Waals surface area contributed by atoms with Crippen LogP contribution < -0.4 is 4.74 Å². The summed E-state index contributed by atoms with van der Waals surface area (Å²) in [5.74, 6) is 1.80. The molecular formula is C16H21N5O. The average molecular weight is 299 g/mol. The lowest BCUT2D eigenvalue weighted by molar-refractivity contribution is 0.272. The van der Waals surface area contributed by atoms with Crippen molar-refractivity contribution in [3.05, 3.63) is 48.3 Å². The Labute approximate surface area is 130 Å². The Kier molecular flexibility index (Phi) is 4.48. The standard InChI is InChI=1S/C16H21N5O/c1-3-10-20(11-13-4-8-15(22-2)9-5-13)12-16-17-18-19-21(16)14-6-7-14/h3-5,8-9,14H,1,6-7,10-12H2,2H3. The van der Waals surface area contributed by atoms with Crippen LogP contribution in [0.4, 0.5) is 0 Å². The lowest BCUT2D eigenvalue weighted by Crippen LogP contribution is -2.25. The summed E-state index contributed by atoms with van der Waals surface area (Å²) in [6.07, 6.45) is 4.27. The maximum Gasteiger partial charge on any atom is 0.165 e. The molecule has 1 fully saturated rings. The fourth-order valence-electron chi connectivity index (χ4n) is 2.48. The molecule has 1 saturated carbocycles. The Morgan fingerprint density at radius 2 is 2.09 bits per heavy atom. The van der Waals surface area contributed by atoms with Crippen LogP contribution in [0.15, 0.2) is 36.9 Å². The van der Waals surface area contributed by atoms with Gasteiger partial charge >= 0.3 is 0 Å². The minimum atomic E-state index is 0.497. The molecular weight excluding hydrogens is 278 g/mol. The van der Waals surface area contributed by atoms with Crippen molar-refractivity contribution in [3.8, 4) is 5.75 Å². The van der Waals surface area contributed by atoms with Crippen molar-refractivity contribution in [3.63, 3.8) is 0 Å². The molecule has 0 bridgehead atoms. The van der Waals surface area contributed by atoms with Crippen molar-refractivity contribution in [2.45, 2.75) is 32.0 Å². The quantitative estimate of drug-likeness (QED) is 0.699. The van der Waals surface area contributed by atoms with Gasteiger partial charge in [-0.05, 0) is 41.0 Å². The third kappa shape index (κ3) is 3.51. The second kappa shape index (κ2) is 6.70. The van der Waals surface area contributed by atoms with Gasteiger partial charge in [0.15, 0.2) is 5.82 Å². The van der Waals surface area contributed by atoms with Gasteiger partial charge in [0.05, 0.1) is 19.7 Å². The number of hydrogen-bond acceptors (Lipinski definition) is 5. The van der Waals surface area contributed by atoms with E-state index in [0.717, 1.165) is 31.2 Å². The molecule has 6 heteroatoms. The van der Waals surface area contributed by atoms with Gasteiger partial charge in [-0.15, -0.1) is 11.7 Å². The summed E-state index contributed by atoms with van der Waals surface area (Å²) in [6.45, 7) is 6.19. The molecule has 0 atom stereocenters. The molecule has 0 spiro atoms. The minimum Gasteiger partial charge on any atom is -0.497 e. The van der Waals surface area contributed by atoms with Gasteiger partial charge in [0.25, 0.3) is 0 Å². The first-order valence-corrected chi connectivity index (χ1v) is 7.53. The molecule has 0 aliphatic heterocycles. The maximum atomic E-state index is 5.20. The van der Waals surface area contributed by atoms with Gasteiger partial charge in [-0.1, -0.05) is 18.2 Å². The zero-order valence-electron chi connectivity index (χ0n) is 12.9.